The maximum Gasteiger partial charge on any atom is 0.257 e. The zero-order valence-corrected chi connectivity index (χ0v) is 16.3. The number of methoxy groups -OCH3 is 2. The van der Waals surface area contributed by atoms with Gasteiger partial charge >= 0.3 is 0 Å². The van der Waals surface area contributed by atoms with Crippen molar-refractivity contribution in [3.05, 3.63) is 83.9 Å². The summed E-state index contributed by atoms with van der Waals surface area (Å²) in [6.07, 6.45) is 0.170. The highest BCUT2D eigenvalue weighted by Gasteiger charge is 2.14. The van der Waals surface area contributed by atoms with Gasteiger partial charge in [-0.15, -0.1) is 0 Å². The number of hydrogen-bond acceptors (Lipinski definition) is 4. The van der Waals surface area contributed by atoms with E-state index in [1.807, 2.05) is 18.2 Å². The normalized spacial score (nSPS) is 10.1. The Balaban J connectivity index is 1.72. The van der Waals surface area contributed by atoms with Gasteiger partial charge in [-0.05, 0) is 42.0 Å². The van der Waals surface area contributed by atoms with Crippen LogP contribution in [0.15, 0.2) is 72.8 Å². The zero-order chi connectivity index (χ0) is 20.6. The van der Waals surface area contributed by atoms with Gasteiger partial charge in [-0.25, -0.2) is 0 Å². The number of benzene rings is 3. The average molecular weight is 390 g/mol. The number of para-hydroxylation sites is 1. The van der Waals surface area contributed by atoms with Crippen LogP contribution in [0.25, 0.3) is 0 Å². The van der Waals surface area contributed by atoms with Crippen molar-refractivity contribution in [1.29, 1.82) is 0 Å². The quantitative estimate of drug-likeness (QED) is 0.636. The first-order valence-corrected chi connectivity index (χ1v) is 9.06. The van der Waals surface area contributed by atoms with E-state index in [-0.39, 0.29) is 18.2 Å². The fraction of sp³-hybridized carbons (Fsp3) is 0.130. The van der Waals surface area contributed by atoms with E-state index >= 15 is 0 Å². The molecule has 0 heterocycles. The van der Waals surface area contributed by atoms with Gasteiger partial charge in [0.15, 0.2) is 0 Å². The van der Waals surface area contributed by atoms with E-state index in [0.717, 1.165) is 5.56 Å². The van der Waals surface area contributed by atoms with E-state index in [2.05, 4.69) is 10.6 Å². The smallest absolute Gasteiger partial charge is 0.257 e. The van der Waals surface area contributed by atoms with Crippen molar-refractivity contribution in [2.24, 2.45) is 0 Å². The Labute approximate surface area is 169 Å². The van der Waals surface area contributed by atoms with E-state index < -0.39 is 0 Å². The lowest BCUT2D eigenvalue weighted by molar-refractivity contribution is -0.115. The average Bonchev–Trinajstić information content (AvgIpc) is 2.74. The van der Waals surface area contributed by atoms with Crippen LogP contribution in [0, 0.1) is 0 Å². The predicted octanol–water partition coefficient (Wildman–Crippen LogP) is 4.14. The molecule has 0 unspecified atom stereocenters. The first-order chi connectivity index (χ1) is 14.1. The summed E-state index contributed by atoms with van der Waals surface area (Å²) in [6.45, 7) is 0. The van der Waals surface area contributed by atoms with Crippen LogP contribution in [0.5, 0.6) is 11.5 Å². The minimum Gasteiger partial charge on any atom is -0.497 e. The van der Waals surface area contributed by atoms with Gasteiger partial charge in [0.1, 0.15) is 11.5 Å². The third-order valence-electron chi connectivity index (χ3n) is 4.27. The summed E-state index contributed by atoms with van der Waals surface area (Å²) in [4.78, 5) is 25.2. The third-order valence-corrected chi connectivity index (χ3v) is 4.27. The summed E-state index contributed by atoms with van der Waals surface area (Å²) in [5.41, 5.74) is 2.24. The molecule has 0 aliphatic carbocycles. The second-order valence-electron chi connectivity index (χ2n) is 6.31. The summed E-state index contributed by atoms with van der Waals surface area (Å²) in [6, 6.07) is 21.3. The molecule has 29 heavy (non-hydrogen) atoms. The topological polar surface area (TPSA) is 76.7 Å². The molecule has 6 nitrogen and oxygen atoms in total. The van der Waals surface area contributed by atoms with Crippen LogP contribution in [-0.4, -0.2) is 26.0 Å². The van der Waals surface area contributed by atoms with Crippen LogP contribution in [0.3, 0.4) is 0 Å². The molecule has 2 N–H and O–H groups in total. The number of carbonyl (C=O) groups is 2. The van der Waals surface area contributed by atoms with E-state index in [1.54, 1.807) is 68.8 Å². The molecule has 0 saturated carbocycles. The Bertz CT molecular complexity index is 1020. The first kappa shape index (κ1) is 19.9. The second-order valence-corrected chi connectivity index (χ2v) is 6.31. The number of nitrogens with one attached hydrogen (secondary N) is 2. The molecular weight excluding hydrogens is 368 g/mol. The fourth-order valence-electron chi connectivity index (χ4n) is 2.85. The van der Waals surface area contributed by atoms with Crippen molar-refractivity contribution in [2.75, 3.05) is 24.9 Å². The molecule has 0 bridgehead atoms. The monoisotopic (exact) mass is 390 g/mol. The molecule has 0 aliphatic heterocycles. The molecule has 3 rings (SSSR count). The largest absolute Gasteiger partial charge is 0.497 e. The van der Waals surface area contributed by atoms with E-state index in [9.17, 15) is 9.59 Å². The second kappa shape index (κ2) is 9.41. The highest BCUT2D eigenvalue weighted by atomic mass is 16.5. The molecule has 2 amide bonds. The van der Waals surface area contributed by atoms with Gasteiger partial charge in [-0.1, -0.05) is 30.3 Å². The van der Waals surface area contributed by atoms with Gasteiger partial charge in [-0.3, -0.25) is 9.59 Å². The molecule has 0 atom stereocenters. The van der Waals surface area contributed by atoms with Crippen LogP contribution in [-0.2, 0) is 11.2 Å². The maximum atomic E-state index is 12.7. The lowest BCUT2D eigenvalue weighted by atomic mass is 10.1. The van der Waals surface area contributed by atoms with E-state index in [1.165, 1.54) is 0 Å². The van der Waals surface area contributed by atoms with Crippen molar-refractivity contribution in [3.8, 4) is 11.5 Å². The molecule has 0 saturated heterocycles. The molecule has 0 spiro atoms. The minimum atomic E-state index is -0.324. The Hall–Kier alpha value is -3.80. The number of carbonyl (C=O) groups excluding carboxylic acids is 2. The number of amides is 2. The third kappa shape index (κ3) is 5.35. The Kier molecular flexibility index (Phi) is 6.47. The van der Waals surface area contributed by atoms with Gasteiger partial charge in [-0.2, -0.15) is 0 Å². The standard InChI is InChI=1S/C23H22N2O4/c1-28-18-9-5-7-16(13-18)14-22(26)25-21-12-4-3-11-20(21)23(27)24-17-8-6-10-19(15-17)29-2/h3-13,15H,14H2,1-2H3,(H,24,27)(H,25,26). The first-order valence-electron chi connectivity index (χ1n) is 9.06. The number of hydrogen-bond donors (Lipinski definition) is 2. The van der Waals surface area contributed by atoms with Crippen molar-refractivity contribution in [3.63, 3.8) is 0 Å². The molecule has 0 fully saturated rings. The van der Waals surface area contributed by atoms with E-state index in [0.29, 0.717) is 28.4 Å². The number of ether oxygens (including phenoxy) is 2. The zero-order valence-electron chi connectivity index (χ0n) is 16.3. The summed E-state index contributed by atoms with van der Waals surface area (Å²) < 4.78 is 10.4. The SMILES string of the molecule is COc1cccc(CC(=O)Nc2ccccc2C(=O)Nc2cccc(OC)c2)c1. The highest BCUT2D eigenvalue weighted by molar-refractivity contribution is 6.10. The molecule has 0 aromatic heterocycles. The fourth-order valence-corrected chi connectivity index (χ4v) is 2.85. The van der Waals surface area contributed by atoms with Gasteiger partial charge in [0.25, 0.3) is 5.91 Å². The molecular formula is C23H22N2O4. The summed E-state index contributed by atoms with van der Waals surface area (Å²) in [5, 5.41) is 5.65. The molecule has 0 aliphatic rings. The Morgan fingerprint density at radius 1 is 0.793 bits per heavy atom. The van der Waals surface area contributed by atoms with Crippen molar-refractivity contribution in [2.45, 2.75) is 6.42 Å². The molecule has 148 valence electrons. The molecule has 3 aromatic carbocycles. The molecule has 3 aromatic rings. The summed E-state index contributed by atoms with van der Waals surface area (Å²) in [5.74, 6) is 0.784. The maximum absolute atomic E-state index is 12.7. The Morgan fingerprint density at radius 2 is 1.48 bits per heavy atom. The van der Waals surface area contributed by atoms with Crippen LogP contribution in [0.2, 0.25) is 0 Å². The summed E-state index contributed by atoms with van der Waals surface area (Å²) in [7, 11) is 3.14. The van der Waals surface area contributed by atoms with Gasteiger partial charge < -0.3 is 20.1 Å². The van der Waals surface area contributed by atoms with Crippen molar-refractivity contribution < 1.29 is 19.1 Å². The van der Waals surface area contributed by atoms with Gasteiger partial charge in [0.05, 0.1) is 31.9 Å². The van der Waals surface area contributed by atoms with Gasteiger partial charge in [0, 0.05) is 11.8 Å². The number of rotatable bonds is 7. The van der Waals surface area contributed by atoms with Crippen LogP contribution >= 0.6 is 0 Å². The number of anilines is 2. The Morgan fingerprint density at radius 3 is 2.24 bits per heavy atom. The van der Waals surface area contributed by atoms with E-state index in [4.69, 9.17) is 9.47 Å². The molecule has 6 heteroatoms. The molecule has 0 radical (unpaired) electrons. The lowest BCUT2D eigenvalue weighted by Crippen LogP contribution is -2.19. The lowest BCUT2D eigenvalue weighted by Gasteiger charge is -2.12. The minimum absolute atomic E-state index is 0.170. The van der Waals surface area contributed by atoms with Crippen LogP contribution in [0.1, 0.15) is 15.9 Å². The van der Waals surface area contributed by atoms with Crippen molar-refractivity contribution in [1.82, 2.24) is 0 Å². The van der Waals surface area contributed by atoms with Crippen LogP contribution < -0.4 is 20.1 Å². The van der Waals surface area contributed by atoms with Gasteiger partial charge in [0.2, 0.25) is 5.91 Å². The van der Waals surface area contributed by atoms with Crippen LogP contribution in [0.4, 0.5) is 11.4 Å². The highest BCUT2D eigenvalue weighted by Crippen LogP contribution is 2.21. The van der Waals surface area contributed by atoms with Crippen molar-refractivity contribution >= 4 is 23.2 Å². The predicted molar refractivity (Wildman–Crippen MR) is 113 cm³/mol. The summed E-state index contributed by atoms with van der Waals surface area (Å²) >= 11 is 0.